The lowest BCUT2D eigenvalue weighted by Gasteiger charge is -2.03. The first-order chi connectivity index (χ1) is 7.15. The first kappa shape index (κ1) is 10.9. The van der Waals surface area contributed by atoms with E-state index >= 15 is 0 Å². The fourth-order valence-electron chi connectivity index (χ4n) is 1.25. The van der Waals surface area contributed by atoms with Gasteiger partial charge < -0.3 is 4.74 Å². The predicted octanol–water partition coefficient (Wildman–Crippen LogP) is 3.87. The molecule has 0 unspecified atom stereocenters. The van der Waals surface area contributed by atoms with Crippen LogP contribution in [0.5, 0.6) is 0 Å². The van der Waals surface area contributed by atoms with E-state index in [4.69, 9.17) is 16.3 Å². The smallest absolute Gasteiger partial charge is 0.120 e. The molecule has 1 aromatic heterocycles. The Kier molecular flexibility index (Phi) is 3.24. The molecule has 0 amide bonds. The molecule has 15 heavy (non-hydrogen) atoms. The summed E-state index contributed by atoms with van der Waals surface area (Å²) in [5.41, 5.74) is 0.954. The number of hydrogen-bond acceptors (Lipinski definition) is 3. The van der Waals surface area contributed by atoms with Gasteiger partial charge in [0.2, 0.25) is 0 Å². The molecule has 0 fully saturated rings. The van der Waals surface area contributed by atoms with E-state index < -0.39 is 0 Å². The van der Waals surface area contributed by atoms with Crippen LogP contribution in [0.1, 0.15) is 18.9 Å². The highest BCUT2D eigenvalue weighted by molar-refractivity contribution is 7.18. The van der Waals surface area contributed by atoms with Crippen molar-refractivity contribution >= 4 is 33.2 Å². The van der Waals surface area contributed by atoms with Crippen LogP contribution in [0.3, 0.4) is 0 Å². The number of aromatic nitrogens is 1. The lowest BCUT2D eigenvalue weighted by molar-refractivity contribution is 0.0657. The van der Waals surface area contributed by atoms with E-state index in [-0.39, 0.29) is 6.10 Å². The number of nitrogens with zero attached hydrogens (tertiary/aromatic N) is 1. The van der Waals surface area contributed by atoms with Crippen molar-refractivity contribution in [2.75, 3.05) is 0 Å². The van der Waals surface area contributed by atoms with Gasteiger partial charge in [-0.25, -0.2) is 4.98 Å². The van der Waals surface area contributed by atoms with Crippen molar-refractivity contribution in [2.45, 2.75) is 26.6 Å². The monoisotopic (exact) mass is 241 g/mol. The molecule has 0 N–H and O–H groups in total. The van der Waals surface area contributed by atoms with Crippen LogP contribution in [0.15, 0.2) is 18.2 Å². The Hall–Kier alpha value is -0.640. The van der Waals surface area contributed by atoms with Gasteiger partial charge in [-0.05, 0) is 32.0 Å². The van der Waals surface area contributed by atoms with Crippen LogP contribution in [-0.2, 0) is 11.3 Å². The van der Waals surface area contributed by atoms with Crippen molar-refractivity contribution in [2.24, 2.45) is 0 Å². The maximum atomic E-state index is 5.89. The number of fused-ring (bicyclic) bond motifs is 1. The third kappa shape index (κ3) is 2.68. The van der Waals surface area contributed by atoms with Gasteiger partial charge in [-0.1, -0.05) is 11.6 Å². The van der Waals surface area contributed by atoms with Gasteiger partial charge in [0.15, 0.2) is 0 Å². The normalized spacial score (nSPS) is 11.5. The van der Waals surface area contributed by atoms with Crippen LogP contribution < -0.4 is 0 Å². The van der Waals surface area contributed by atoms with E-state index in [0.29, 0.717) is 6.61 Å². The predicted molar refractivity (Wildman–Crippen MR) is 64.6 cm³/mol. The summed E-state index contributed by atoms with van der Waals surface area (Å²) in [6.07, 6.45) is 0.237. The summed E-state index contributed by atoms with van der Waals surface area (Å²) in [7, 11) is 0. The molecule has 4 heteroatoms. The fourth-order valence-corrected chi connectivity index (χ4v) is 2.28. The molecule has 0 radical (unpaired) electrons. The standard InChI is InChI=1S/C11H12ClNOS/c1-7(2)14-6-11-13-9-5-8(12)3-4-10(9)15-11/h3-5,7H,6H2,1-2H3. The van der Waals surface area contributed by atoms with Gasteiger partial charge in [0.25, 0.3) is 0 Å². The highest BCUT2D eigenvalue weighted by Crippen LogP contribution is 2.25. The summed E-state index contributed by atoms with van der Waals surface area (Å²) in [5, 5.41) is 1.73. The molecule has 0 aliphatic rings. The third-order valence-electron chi connectivity index (χ3n) is 1.93. The van der Waals surface area contributed by atoms with E-state index in [1.165, 1.54) is 0 Å². The Bertz CT molecular complexity index is 467. The van der Waals surface area contributed by atoms with Gasteiger partial charge in [-0.2, -0.15) is 0 Å². The quantitative estimate of drug-likeness (QED) is 0.814. The highest BCUT2D eigenvalue weighted by Gasteiger charge is 2.05. The van der Waals surface area contributed by atoms with Crippen LogP contribution in [0.25, 0.3) is 10.2 Å². The van der Waals surface area contributed by atoms with Crippen molar-refractivity contribution in [3.8, 4) is 0 Å². The minimum Gasteiger partial charge on any atom is -0.372 e. The summed E-state index contributed by atoms with van der Waals surface area (Å²) in [4.78, 5) is 4.45. The minimum atomic E-state index is 0.237. The molecule has 0 spiro atoms. The molecular weight excluding hydrogens is 230 g/mol. The van der Waals surface area contributed by atoms with Crippen LogP contribution in [0, 0.1) is 0 Å². The maximum absolute atomic E-state index is 5.89. The van der Waals surface area contributed by atoms with Gasteiger partial charge >= 0.3 is 0 Å². The number of benzene rings is 1. The molecule has 1 heterocycles. The lowest BCUT2D eigenvalue weighted by Crippen LogP contribution is -2.01. The fraction of sp³-hybridized carbons (Fsp3) is 0.364. The second-order valence-electron chi connectivity index (χ2n) is 3.58. The summed E-state index contributed by atoms with van der Waals surface area (Å²) < 4.78 is 6.66. The summed E-state index contributed by atoms with van der Waals surface area (Å²) >= 11 is 7.54. The average molecular weight is 242 g/mol. The van der Waals surface area contributed by atoms with Gasteiger partial charge in [-0.3, -0.25) is 0 Å². The molecule has 0 saturated heterocycles. The van der Waals surface area contributed by atoms with Gasteiger partial charge in [0.05, 0.1) is 22.9 Å². The van der Waals surface area contributed by atoms with Gasteiger partial charge in [0.1, 0.15) is 5.01 Å². The molecule has 0 aliphatic carbocycles. The summed E-state index contributed by atoms with van der Waals surface area (Å²) in [6, 6.07) is 5.76. The molecule has 0 aliphatic heterocycles. The number of rotatable bonds is 3. The number of ether oxygens (including phenoxy) is 1. The zero-order valence-corrected chi connectivity index (χ0v) is 10.2. The zero-order chi connectivity index (χ0) is 10.8. The summed E-state index contributed by atoms with van der Waals surface area (Å²) in [5.74, 6) is 0. The Balaban J connectivity index is 2.23. The number of halogens is 1. The largest absolute Gasteiger partial charge is 0.372 e. The van der Waals surface area contributed by atoms with Crippen molar-refractivity contribution in [3.63, 3.8) is 0 Å². The number of hydrogen-bond donors (Lipinski definition) is 0. The number of thiazole rings is 1. The molecule has 0 saturated carbocycles. The molecule has 0 atom stereocenters. The Morgan fingerprint density at radius 2 is 2.27 bits per heavy atom. The molecule has 80 valence electrons. The van der Waals surface area contributed by atoms with Crippen molar-refractivity contribution in [1.29, 1.82) is 0 Å². The van der Waals surface area contributed by atoms with Crippen LogP contribution >= 0.6 is 22.9 Å². The van der Waals surface area contributed by atoms with E-state index in [1.807, 2.05) is 32.0 Å². The topological polar surface area (TPSA) is 22.1 Å². The van der Waals surface area contributed by atoms with Crippen LogP contribution in [-0.4, -0.2) is 11.1 Å². The van der Waals surface area contributed by atoms with Gasteiger partial charge in [0, 0.05) is 5.02 Å². The molecule has 2 nitrogen and oxygen atoms in total. The molecule has 2 aromatic rings. The third-order valence-corrected chi connectivity index (χ3v) is 3.18. The first-order valence-electron chi connectivity index (χ1n) is 4.82. The van der Waals surface area contributed by atoms with Crippen LogP contribution in [0.2, 0.25) is 5.02 Å². The maximum Gasteiger partial charge on any atom is 0.120 e. The highest BCUT2D eigenvalue weighted by atomic mass is 35.5. The lowest BCUT2D eigenvalue weighted by atomic mass is 10.3. The molecule has 2 rings (SSSR count). The average Bonchev–Trinajstić information content (AvgIpc) is 2.56. The van der Waals surface area contributed by atoms with Crippen LogP contribution in [0.4, 0.5) is 0 Å². The van der Waals surface area contributed by atoms with Crippen molar-refractivity contribution in [3.05, 3.63) is 28.2 Å². The molecular formula is C11H12ClNOS. The zero-order valence-electron chi connectivity index (χ0n) is 8.66. The minimum absolute atomic E-state index is 0.237. The molecule has 1 aromatic carbocycles. The second-order valence-corrected chi connectivity index (χ2v) is 5.13. The van der Waals surface area contributed by atoms with E-state index in [2.05, 4.69) is 4.98 Å². The Morgan fingerprint density at radius 3 is 3.00 bits per heavy atom. The van der Waals surface area contributed by atoms with E-state index in [1.54, 1.807) is 11.3 Å². The van der Waals surface area contributed by atoms with Crippen molar-refractivity contribution < 1.29 is 4.74 Å². The van der Waals surface area contributed by atoms with Gasteiger partial charge in [-0.15, -0.1) is 11.3 Å². The second kappa shape index (κ2) is 4.47. The Morgan fingerprint density at radius 1 is 1.47 bits per heavy atom. The van der Waals surface area contributed by atoms with E-state index in [9.17, 15) is 0 Å². The van der Waals surface area contributed by atoms with E-state index in [0.717, 1.165) is 20.2 Å². The SMILES string of the molecule is CC(C)OCc1nc2cc(Cl)ccc2s1. The van der Waals surface area contributed by atoms with Crippen molar-refractivity contribution in [1.82, 2.24) is 4.98 Å². The molecule has 0 bridgehead atoms. The Labute approximate surface area is 97.8 Å². The summed E-state index contributed by atoms with van der Waals surface area (Å²) in [6.45, 7) is 4.61. The first-order valence-corrected chi connectivity index (χ1v) is 6.01.